The first-order valence-electron chi connectivity index (χ1n) is 6.13. The fourth-order valence-corrected chi connectivity index (χ4v) is 3.41. The van der Waals surface area contributed by atoms with Gasteiger partial charge in [-0.25, -0.2) is 17.9 Å². The number of nitrogens with one attached hydrogen (secondary N) is 1. The van der Waals surface area contributed by atoms with Crippen molar-refractivity contribution in [3.63, 3.8) is 0 Å². The summed E-state index contributed by atoms with van der Waals surface area (Å²) in [6.45, 7) is 0.958. The molecule has 20 heavy (non-hydrogen) atoms. The van der Waals surface area contributed by atoms with E-state index in [2.05, 4.69) is 4.72 Å². The van der Waals surface area contributed by atoms with Crippen LogP contribution in [0.1, 0.15) is 23.2 Å². The summed E-state index contributed by atoms with van der Waals surface area (Å²) >= 11 is 0. The second-order valence-corrected chi connectivity index (χ2v) is 6.28. The molecule has 1 fully saturated rings. The summed E-state index contributed by atoms with van der Waals surface area (Å²) in [5.74, 6) is -1.16. The minimum absolute atomic E-state index is 0.0533. The highest BCUT2D eigenvalue weighted by atomic mass is 32.2. The monoisotopic (exact) mass is 300 g/mol. The van der Waals surface area contributed by atoms with E-state index in [1.54, 1.807) is 0 Å². The van der Waals surface area contributed by atoms with E-state index in [0.717, 1.165) is 12.5 Å². The summed E-state index contributed by atoms with van der Waals surface area (Å²) in [7, 11) is -3.78. The standard InChI is InChI=1S/C12H16N2O5S/c13-10-6-8(12(15)16)3-4-11(10)20(17,18)14-9-2-1-5-19-7-9/h3-4,6,9,14H,1-2,5,7,13H2,(H,15,16). The number of carbonyl (C=O) groups is 1. The lowest BCUT2D eigenvalue weighted by molar-refractivity contribution is 0.0697. The third kappa shape index (κ3) is 3.27. The van der Waals surface area contributed by atoms with Crippen molar-refractivity contribution in [2.75, 3.05) is 18.9 Å². The molecule has 0 aromatic heterocycles. The molecule has 1 aliphatic rings. The maximum absolute atomic E-state index is 12.2. The molecular formula is C12H16N2O5S. The van der Waals surface area contributed by atoms with Crippen molar-refractivity contribution in [3.8, 4) is 0 Å². The van der Waals surface area contributed by atoms with Crippen LogP contribution in [0.25, 0.3) is 0 Å². The third-order valence-corrected chi connectivity index (χ3v) is 4.62. The van der Waals surface area contributed by atoms with Crippen LogP contribution in [-0.2, 0) is 14.8 Å². The summed E-state index contributed by atoms with van der Waals surface area (Å²) in [4.78, 5) is 10.7. The number of benzene rings is 1. The summed E-state index contributed by atoms with van der Waals surface area (Å²) in [5.41, 5.74) is 5.49. The van der Waals surface area contributed by atoms with E-state index in [0.29, 0.717) is 19.6 Å². The van der Waals surface area contributed by atoms with Crippen molar-refractivity contribution in [2.24, 2.45) is 0 Å². The third-order valence-electron chi connectivity index (χ3n) is 3.03. The molecule has 2 rings (SSSR count). The Balaban J connectivity index is 2.22. The van der Waals surface area contributed by atoms with E-state index in [1.807, 2.05) is 0 Å². The Morgan fingerprint density at radius 1 is 1.45 bits per heavy atom. The fraction of sp³-hybridized carbons (Fsp3) is 0.417. The molecule has 1 aromatic rings. The fourth-order valence-electron chi connectivity index (χ4n) is 2.04. The van der Waals surface area contributed by atoms with Gasteiger partial charge in [-0.3, -0.25) is 0 Å². The lowest BCUT2D eigenvalue weighted by Crippen LogP contribution is -2.40. The van der Waals surface area contributed by atoms with Crippen molar-refractivity contribution in [2.45, 2.75) is 23.8 Å². The van der Waals surface area contributed by atoms with Crippen LogP contribution >= 0.6 is 0 Å². The van der Waals surface area contributed by atoms with Crippen molar-refractivity contribution >= 4 is 21.7 Å². The number of nitrogen functional groups attached to an aromatic ring is 1. The maximum atomic E-state index is 12.2. The second-order valence-electron chi connectivity index (χ2n) is 4.59. The molecule has 1 saturated heterocycles. The van der Waals surface area contributed by atoms with E-state index in [-0.39, 0.29) is 22.2 Å². The zero-order valence-electron chi connectivity index (χ0n) is 10.7. The Hall–Kier alpha value is -1.64. The molecule has 0 amide bonds. The molecule has 1 atom stereocenters. The quantitative estimate of drug-likeness (QED) is 0.694. The Morgan fingerprint density at radius 3 is 2.75 bits per heavy atom. The predicted molar refractivity (Wildman–Crippen MR) is 72.0 cm³/mol. The van der Waals surface area contributed by atoms with Gasteiger partial charge in [0.2, 0.25) is 10.0 Å². The summed E-state index contributed by atoms with van der Waals surface area (Å²) in [6.07, 6.45) is 1.49. The average molecular weight is 300 g/mol. The Morgan fingerprint density at radius 2 is 2.20 bits per heavy atom. The van der Waals surface area contributed by atoms with Gasteiger partial charge in [0.05, 0.1) is 17.9 Å². The number of nitrogens with two attached hydrogens (primary N) is 1. The highest BCUT2D eigenvalue weighted by Gasteiger charge is 2.24. The van der Waals surface area contributed by atoms with Crippen LogP contribution in [0.5, 0.6) is 0 Å². The van der Waals surface area contributed by atoms with Gasteiger partial charge in [0, 0.05) is 12.6 Å². The number of carboxylic acid groups (broad SMARTS) is 1. The first kappa shape index (κ1) is 14.8. The molecule has 110 valence electrons. The molecule has 0 aliphatic carbocycles. The van der Waals surface area contributed by atoms with Gasteiger partial charge in [0.25, 0.3) is 0 Å². The van der Waals surface area contributed by atoms with Crippen LogP contribution in [-0.4, -0.2) is 38.7 Å². The van der Waals surface area contributed by atoms with Crippen LogP contribution in [0.3, 0.4) is 0 Å². The lowest BCUT2D eigenvalue weighted by Gasteiger charge is -2.23. The Bertz CT molecular complexity index is 608. The highest BCUT2D eigenvalue weighted by Crippen LogP contribution is 2.21. The number of aromatic carboxylic acids is 1. The normalized spacial score (nSPS) is 19.7. The number of ether oxygens (including phenoxy) is 1. The van der Waals surface area contributed by atoms with Crippen LogP contribution in [0.2, 0.25) is 0 Å². The van der Waals surface area contributed by atoms with Crippen LogP contribution in [0, 0.1) is 0 Å². The van der Waals surface area contributed by atoms with Crippen molar-refractivity contribution in [3.05, 3.63) is 23.8 Å². The van der Waals surface area contributed by atoms with Crippen LogP contribution < -0.4 is 10.5 Å². The Labute approximate surface area is 116 Å². The molecule has 1 aliphatic heterocycles. The van der Waals surface area contributed by atoms with Crippen molar-refractivity contribution in [1.82, 2.24) is 4.72 Å². The van der Waals surface area contributed by atoms with Gasteiger partial charge in [-0.15, -0.1) is 0 Å². The number of carboxylic acids is 1. The summed E-state index contributed by atoms with van der Waals surface area (Å²) in [5, 5.41) is 8.83. The van der Waals surface area contributed by atoms with Crippen molar-refractivity contribution < 1.29 is 23.1 Å². The average Bonchev–Trinajstić information content (AvgIpc) is 2.38. The molecule has 0 spiro atoms. The number of rotatable bonds is 4. The van der Waals surface area contributed by atoms with E-state index < -0.39 is 16.0 Å². The maximum Gasteiger partial charge on any atom is 0.335 e. The SMILES string of the molecule is Nc1cc(C(=O)O)ccc1S(=O)(=O)NC1CCCOC1. The molecule has 0 saturated carbocycles. The van der Waals surface area contributed by atoms with E-state index in [9.17, 15) is 13.2 Å². The first-order valence-corrected chi connectivity index (χ1v) is 7.61. The number of anilines is 1. The molecule has 7 nitrogen and oxygen atoms in total. The van der Waals surface area contributed by atoms with E-state index in [1.165, 1.54) is 12.1 Å². The van der Waals surface area contributed by atoms with Gasteiger partial charge in [0.1, 0.15) is 4.90 Å². The van der Waals surface area contributed by atoms with Gasteiger partial charge >= 0.3 is 5.97 Å². The zero-order valence-corrected chi connectivity index (χ0v) is 11.5. The van der Waals surface area contributed by atoms with E-state index >= 15 is 0 Å². The van der Waals surface area contributed by atoms with Crippen LogP contribution in [0.4, 0.5) is 5.69 Å². The first-order chi connectivity index (χ1) is 9.40. The van der Waals surface area contributed by atoms with Crippen molar-refractivity contribution in [1.29, 1.82) is 0 Å². The van der Waals surface area contributed by atoms with Gasteiger partial charge in [-0.05, 0) is 31.0 Å². The smallest absolute Gasteiger partial charge is 0.335 e. The Kier molecular flexibility index (Phi) is 4.26. The molecule has 1 aromatic carbocycles. The van der Waals surface area contributed by atoms with Gasteiger partial charge < -0.3 is 15.6 Å². The highest BCUT2D eigenvalue weighted by molar-refractivity contribution is 7.89. The van der Waals surface area contributed by atoms with Gasteiger partial charge in [-0.1, -0.05) is 0 Å². The molecule has 1 heterocycles. The molecule has 4 N–H and O–H groups in total. The lowest BCUT2D eigenvalue weighted by atomic mass is 10.1. The minimum atomic E-state index is -3.78. The summed E-state index contributed by atoms with van der Waals surface area (Å²) in [6, 6.07) is 3.26. The topological polar surface area (TPSA) is 119 Å². The predicted octanol–water partition coefficient (Wildman–Crippen LogP) is 0.424. The van der Waals surface area contributed by atoms with Gasteiger partial charge in [0.15, 0.2) is 0 Å². The molecule has 0 radical (unpaired) electrons. The number of sulfonamides is 1. The summed E-state index contributed by atoms with van der Waals surface area (Å²) < 4.78 is 32.1. The van der Waals surface area contributed by atoms with Crippen LogP contribution in [0.15, 0.2) is 23.1 Å². The second kappa shape index (κ2) is 5.78. The molecule has 8 heteroatoms. The van der Waals surface area contributed by atoms with E-state index in [4.69, 9.17) is 15.6 Å². The molecular weight excluding hydrogens is 284 g/mol. The molecule has 1 unspecified atom stereocenters. The minimum Gasteiger partial charge on any atom is -0.478 e. The number of hydrogen-bond acceptors (Lipinski definition) is 5. The molecule has 0 bridgehead atoms. The largest absolute Gasteiger partial charge is 0.478 e. The zero-order chi connectivity index (χ0) is 14.8. The van der Waals surface area contributed by atoms with Gasteiger partial charge in [-0.2, -0.15) is 0 Å². The number of hydrogen-bond donors (Lipinski definition) is 3.